The second-order valence-corrected chi connectivity index (χ2v) is 6.52. The molecular formula is C18H18ClN5OS. The lowest BCUT2D eigenvalue weighted by Crippen LogP contribution is -2.20. The average Bonchev–Trinajstić information content (AvgIpc) is 3.04. The van der Waals surface area contributed by atoms with Crippen LogP contribution in [-0.4, -0.2) is 27.0 Å². The number of benzene rings is 2. The molecule has 0 radical (unpaired) electrons. The van der Waals surface area contributed by atoms with Gasteiger partial charge in [-0.25, -0.2) is 9.67 Å². The van der Waals surface area contributed by atoms with Crippen LogP contribution in [0.15, 0.2) is 48.8 Å². The number of nitrogens with zero attached hydrogens (tertiary/aromatic N) is 3. The van der Waals surface area contributed by atoms with Crippen LogP contribution in [0.1, 0.15) is 11.1 Å². The molecule has 0 aliphatic carbocycles. The fourth-order valence-corrected chi connectivity index (χ4v) is 2.71. The van der Waals surface area contributed by atoms with Crippen molar-refractivity contribution in [2.75, 3.05) is 17.7 Å². The van der Waals surface area contributed by atoms with E-state index in [0.29, 0.717) is 34.1 Å². The van der Waals surface area contributed by atoms with Crippen molar-refractivity contribution in [2.24, 2.45) is 0 Å². The Bertz CT molecular complexity index is 910. The minimum absolute atomic E-state index is 0.346. The Morgan fingerprint density at radius 1 is 1.19 bits per heavy atom. The number of aromatic nitrogens is 3. The van der Waals surface area contributed by atoms with Gasteiger partial charge in [-0.3, -0.25) is 5.32 Å². The van der Waals surface area contributed by atoms with E-state index < -0.39 is 0 Å². The maximum Gasteiger partial charge on any atom is 0.248 e. The van der Waals surface area contributed by atoms with Crippen LogP contribution >= 0.6 is 23.8 Å². The molecule has 0 saturated carbocycles. The molecule has 0 spiro atoms. The molecule has 26 heavy (non-hydrogen) atoms. The summed E-state index contributed by atoms with van der Waals surface area (Å²) >= 11 is 11.3. The molecule has 0 amide bonds. The number of aryl methyl sites for hydroxylation is 1. The summed E-state index contributed by atoms with van der Waals surface area (Å²) in [5, 5.41) is 11.3. The largest absolute Gasteiger partial charge is 0.495 e. The van der Waals surface area contributed by atoms with Gasteiger partial charge in [0.25, 0.3) is 0 Å². The topological polar surface area (TPSA) is 64.0 Å². The van der Waals surface area contributed by atoms with E-state index in [0.717, 1.165) is 5.56 Å². The Morgan fingerprint density at radius 3 is 2.69 bits per heavy atom. The Hall–Kier alpha value is -2.64. The summed E-state index contributed by atoms with van der Waals surface area (Å²) in [6.07, 6.45) is 1.66. The standard InChI is InChI=1S/C18H18ClN5OS/c1-12-3-5-13(6-4-12)10-24-11-20-17(23-24)22-18(26)21-15-9-14(19)7-8-16(15)25-2/h3-9,11H,10H2,1-2H3,(H2,21,22,23,26). The monoisotopic (exact) mass is 387 g/mol. The molecule has 0 saturated heterocycles. The summed E-state index contributed by atoms with van der Waals surface area (Å²) in [7, 11) is 1.58. The fourth-order valence-electron chi connectivity index (χ4n) is 2.34. The van der Waals surface area contributed by atoms with Gasteiger partial charge in [-0.1, -0.05) is 41.4 Å². The molecule has 3 aromatic rings. The highest BCUT2D eigenvalue weighted by molar-refractivity contribution is 7.80. The Balaban J connectivity index is 1.62. The third-order valence-electron chi connectivity index (χ3n) is 3.64. The molecule has 0 bridgehead atoms. The fraction of sp³-hybridized carbons (Fsp3) is 0.167. The first-order chi connectivity index (χ1) is 12.5. The first-order valence-electron chi connectivity index (χ1n) is 7.90. The van der Waals surface area contributed by atoms with Crippen LogP contribution in [-0.2, 0) is 6.54 Å². The van der Waals surface area contributed by atoms with Crippen LogP contribution in [0.5, 0.6) is 5.75 Å². The molecule has 0 unspecified atom stereocenters. The summed E-state index contributed by atoms with van der Waals surface area (Å²) in [4.78, 5) is 4.23. The van der Waals surface area contributed by atoms with E-state index in [9.17, 15) is 0 Å². The minimum atomic E-state index is 0.346. The number of rotatable bonds is 5. The molecule has 8 heteroatoms. The van der Waals surface area contributed by atoms with Crippen molar-refractivity contribution in [3.63, 3.8) is 0 Å². The number of ether oxygens (including phenoxy) is 1. The lowest BCUT2D eigenvalue weighted by atomic mass is 10.1. The Morgan fingerprint density at radius 2 is 1.96 bits per heavy atom. The molecule has 1 heterocycles. The van der Waals surface area contributed by atoms with Crippen LogP contribution in [0.3, 0.4) is 0 Å². The van der Waals surface area contributed by atoms with Crippen molar-refractivity contribution >= 4 is 40.6 Å². The highest BCUT2D eigenvalue weighted by atomic mass is 35.5. The zero-order chi connectivity index (χ0) is 18.5. The Kier molecular flexibility index (Phi) is 5.70. The number of methoxy groups -OCH3 is 1. The molecule has 6 nitrogen and oxygen atoms in total. The summed E-state index contributed by atoms with van der Waals surface area (Å²) in [5.41, 5.74) is 3.04. The molecular weight excluding hydrogens is 370 g/mol. The molecule has 0 atom stereocenters. The van der Waals surface area contributed by atoms with Gasteiger partial charge in [0.2, 0.25) is 5.95 Å². The maximum absolute atomic E-state index is 6.02. The second kappa shape index (κ2) is 8.16. The van der Waals surface area contributed by atoms with Gasteiger partial charge in [0.1, 0.15) is 12.1 Å². The lowest BCUT2D eigenvalue weighted by Gasteiger charge is -2.12. The quantitative estimate of drug-likeness (QED) is 0.642. The number of nitrogens with one attached hydrogen (secondary N) is 2. The Labute approximate surface area is 162 Å². The average molecular weight is 388 g/mol. The molecule has 1 aromatic heterocycles. The molecule has 2 N–H and O–H groups in total. The number of hydrogen-bond acceptors (Lipinski definition) is 4. The normalized spacial score (nSPS) is 10.4. The van der Waals surface area contributed by atoms with Gasteiger partial charge >= 0.3 is 0 Å². The highest BCUT2D eigenvalue weighted by Crippen LogP contribution is 2.27. The number of halogens is 1. The maximum atomic E-state index is 6.02. The van der Waals surface area contributed by atoms with Crippen molar-refractivity contribution in [1.29, 1.82) is 0 Å². The van der Waals surface area contributed by atoms with E-state index >= 15 is 0 Å². The van der Waals surface area contributed by atoms with E-state index in [1.807, 2.05) is 0 Å². The molecule has 0 aliphatic heterocycles. The smallest absolute Gasteiger partial charge is 0.248 e. The zero-order valence-electron chi connectivity index (χ0n) is 14.4. The third kappa shape index (κ3) is 4.71. The van der Waals surface area contributed by atoms with Crippen molar-refractivity contribution in [3.8, 4) is 5.75 Å². The minimum Gasteiger partial charge on any atom is -0.495 e. The highest BCUT2D eigenvalue weighted by Gasteiger charge is 2.08. The van der Waals surface area contributed by atoms with Gasteiger partial charge in [-0.05, 0) is 42.9 Å². The first-order valence-corrected chi connectivity index (χ1v) is 8.68. The van der Waals surface area contributed by atoms with E-state index in [1.54, 1.807) is 36.3 Å². The van der Waals surface area contributed by atoms with Crippen molar-refractivity contribution < 1.29 is 4.74 Å². The van der Waals surface area contributed by atoms with Crippen LogP contribution in [0, 0.1) is 6.92 Å². The first kappa shape index (κ1) is 18.2. The predicted molar refractivity (Wildman–Crippen MR) is 108 cm³/mol. The second-order valence-electron chi connectivity index (χ2n) is 5.68. The molecule has 2 aromatic carbocycles. The van der Waals surface area contributed by atoms with Crippen LogP contribution in [0.25, 0.3) is 0 Å². The lowest BCUT2D eigenvalue weighted by molar-refractivity contribution is 0.417. The van der Waals surface area contributed by atoms with Crippen molar-refractivity contribution in [1.82, 2.24) is 14.8 Å². The summed E-state index contributed by atoms with van der Waals surface area (Å²) in [6, 6.07) is 13.5. The number of hydrogen-bond donors (Lipinski definition) is 2. The van der Waals surface area contributed by atoms with Crippen LogP contribution in [0.2, 0.25) is 5.02 Å². The SMILES string of the molecule is COc1ccc(Cl)cc1NC(=S)Nc1ncn(Cc2ccc(C)cc2)n1. The van der Waals surface area contributed by atoms with Gasteiger partial charge in [-0.2, -0.15) is 0 Å². The summed E-state index contributed by atoms with van der Waals surface area (Å²) in [6.45, 7) is 2.70. The van der Waals surface area contributed by atoms with Crippen molar-refractivity contribution in [3.05, 3.63) is 64.9 Å². The molecule has 0 fully saturated rings. The van der Waals surface area contributed by atoms with E-state index in [-0.39, 0.29) is 0 Å². The van der Waals surface area contributed by atoms with Crippen LogP contribution in [0.4, 0.5) is 11.6 Å². The van der Waals surface area contributed by atoms with E-state index in [4.69, 9.17) is 28.6 Å². The van der Waals surface area contributed by atoms with Gasteiger partial charge in [0.15, 0.2) is 5.11 Å². The number of thiocarbonyl (C=S) groups is 1. The van der Waals surface area contributed by atoms with Crippen molar-refractivity contribution in [2.45, 2.75) is 13.5 Å². The third-order valence-corrected chi connectivity index (χ3v) is 4.08. The molecule has 0 aliphatic rings. The predicted octanol–water partition coefficient (Wildman–Crippen LogP) is 4.11. The van der Waals surface area contributed by atoms with Gasteiger partial charge in [0.05, 0.1) is 19.3 Å². The van der Waals surface area contributed by atoms with Gasteiger partial charge < -0.3 is 10.1 Å². The number of anilines is 2. The summed E-state index contributed by atoms with van der Waals surface area (Å²) < 4.78 is 7.03. The van der Waals surface area contributed by atoms with Crippen LogP contribution < -0.4 is 15.4 Å². The molecule has 134 valence electrons. The zero-order valence-corrected chi connectivity index (χ0v) is 15.9. The van der Waals surface area contributed by atoms with E-state index in [1.165, 1.54) is 5.56 Å². The molecule has 3 rings (SSSR count). The van der Waals surface area contributed by atoms with Gasteiger partial charge in [0, 0.05) is 5.02 Å². The summed E-state index contributed by atoms with van der Waals surface area (Å²) in [5.74, 6) is 1.05. The van der Waals surface area contributed by atoms with E-state index in [2.05, 4.69) is 51.9 Å². The van der Waals surface area contributed by atoms with Gasteiger partial charge in [-0.15, -0.1) is 5.10 Å².